The van der Waals surface area contributed by atoms with Crippen LogP contribution in [0.4, 0.5) is 0 Å². The van der Waals surface area contributed by atoms with Crippen molar-refractivity contribution in [3.63, 3.8) is 0 Å². The molecule has 1 atom stereocenters. The summed E-state index contributed by atoms with van der Waals surface area (Å²) in [7, 11) is 1.63. The Hall–Kier alpha value is -2.14. The number of nitrogens with one attached hydrogen (secondary N) is 1. The number of amides is 1. The molecule has 5 heteroatoms. The highest BCUT2D eigenvalue weighted by molar-refractivity contribution is 7.99. The first-order valence-electron chi connectivity index (χ1n) is 8.27. The van der Waals surface area contributed by atoms with E-state index in [4.69, 9.17) is 9.47 Å². The Bertz CT molecular complexity index is 673. The van der Waals surface area contributed by atoms with Crippen LogP contribution in [0, 0.1) is 6.92 Å². The average molecular weight is 359 g/mol. The van der Waals surface area contributed by atoms with Gasteiger partial charge in [-0.15, -0.1) is 11.8 Å². The van der Waals surface area contributed by atoms with Gasteiger partial charge in [0.15, 0.2) is 0 Å². The molecule has 0 aliphatic rings. The fourth-order valence-corrected chi connectivity index (χ4v) is 3.19. The van der Waals surface area contributed by atoms with Gasteiger partial charge in [-0.2, -0.15) is 0 Å². The highest BCUT2D eigenvalue weighted by atomic mass is 32.2. The minimum absolute atomic E-state index is 0.0319. The molecule has 0 heterocycles. The summed E-state index contributed by atoms with van der Waals surface area (Å²) < 4.78 is 10.8. The molecule has 25 heavy (non-hydrogen) atoms. The van der Waals surface area contributed by atoms with Crippen molar-refractivity contribution in [1.82, 2.24) is 5.32 Å². The fraction of sp³-hybridized carbons (Fsp3) is 0.350. The first-order chi connectivity index (χ1) is 12.1. The van der Waals surface area contributed by atoms with Gasteiger partial charge in [-0.25, -0.2) is 0 Å². The first-order valence-corrected chi connectivity index (χ1v) is 9.42. The van der Waals surface area contributed by atoms with Crippen molar-refractivity contribution in [2.24, 2.45) is 0 Å². The lowest BCUT2D eigenvalue weighted by Crippen LogP contribution is -2.37. The van der Waals surface area contributed by atoms with Crippen LogP contribution >= 0.6 is 11.8 Å². The molecule has 0 saturated heterocycles. The maximum absolute atomic E-state index is 12.0. The number of aryl methyl sites for hydroxylation is 1. The normalized spacial score (nSPS) is 11.6. The number of benzene rings is 2. The van der Waals surface area contributed by atoms with Gasteiger partial charge in [0.2, 0.25) is 5.91 Å². The number of rotatable bonds is 9. The van der Waals surface area contributed by atoms with Gasteiger partial charge in [0.05, 0.1) is 18.9 Å². The molecule has 0 spiro atoms. The van der Waals surface area contributed by atoms with Crippen molar-refractivity contribution in [1.29, 1.82) is 0 Å². The molecule has 0 radical (unpaired) electrons. The molecule has 1 N–H and O–H groups in total. The van der Waals surface area contributed by atoms with E-state index in [1.807, 2.05) is 43.3 Å². The summed E-state index contributed by atoms with van der Waals surface area (Å²) in [4.78, 5) is 12.0. The smallest absolute Gasteiger partial charge is 0.230 e. The van der Waals surface area contributed by atoms with Crippen LogP contribution in [0.3, 0.4) is 0 Å². The van der Waals surface area contributed by atoms with Crippen LogP contribution in [0.5, 0.6) is 11.5 Å². The number of hydrogen-bond acceptors (Lipinski definition) is 4. The molecule has 0 saturated carbocycles. The Kier molecular flexibility index (Phi) is 7.67. The number of ether oxygens (including phenoxy) is 2. The maximum Gasteiger partial charge on any atom is 0.230 e. The second-order valence-electron chi connectivity index (χ2n) is 5.87. The summed E-state index contributed by atoms with van der Waals surface area (Å²) in [6.45, 7) is 4.46. The zero-order valence-electron chi connectivity index (χ0n) is 15.0. The molecular weight excluding hydrogens is 334 g/mol. The van der Waals surface area contributed by atoms with E-state index < -0.39 is 0 Å². The Labute approximate surface area is 153 Å². The lowest BCUT2D eigenvalue weighted by molar-refractivity contribution is -0.119. The van der Waals surface area contributed by atoms with Crippen molar-refractivity contribution in [2.45, 2.75) is 25.6 Å². The molecule has 0 aliphatic carbocycles. The molecule has 0 unspecified atom stereocenters. The lowest BCUT2D eigenvalue weighted by atomic mass is 10.1. The van der Waals surface area contributed by atoms with Crippen LogP contribution in [0.1, 0.15) is 18.1 Å². The van der Waals surface area contributed by atoms with Gasteiger partial charge in [-0.05, 0) is 49.2 Å². The van der Waals surface area contributed by atoms with Crippen molar-refractivity contribution in [3.05, 3.63) is 59.7 Å². The second kappa shape index (κ2) is 9.99. The Morgan fingerprint density at radius 2 is 1.80 bits per heavy atom. The summed E-state index contributed by atoms with van der Waals surface area (Å²) >= 11 is 1.62. The van der Waals surface area contributed by atoms with Gasteiger partial charge >= 0.3 is 0 Å². The minimum Gasteiger partial charge on any atom is -0.497 e. The zero-order valence-corrected chi connectivity index (χ0v) is 15.8. The van der Waals surface area contributed by atoms with E-state index in [0.29, 0.717) is 12.4 Å². The SMILES string of the molecule is COc1ccc(OC[C@@H](C)NC(=O)CSCc2ccccc2C)cc1. The standard InChI is InChI=1S/C20H25NO3S/c1-15-6-4-5-7-17(15)13-25-14-20(22)21-16(2)12-24-19-10-8-18(23-3)9-11-19/h4-11,16H,12-14H2,1-3H3,(H,21,22)/t16-/m1/s1. The van der Waals surface area contributed by atoms with Crippen molar-refractivity contribution < 1.29 is 14.3 Å². The van der Waals surface area contributed by atoms with Crippen LogP contribution < -0.4 is 14.8 Å². The molecule has 0 bridgehead atoms. The second-order valence-corrected chi connectivity index (χ2v) is 6.86. The number of methoxy groups -OCH3 is 1. The van der Waals surface area contributed by atoms with E-state index >= 15 is 0 Å². The molecule has 2 rings (SSSR count). The summed E-state index contributed by atoms with van der Waals surface area (Å²) in [6.07, 6.45) is 0. The molecular formula is C20H25NO3S. The van der Waals surface area contributed by atoms with E-state index in [0.717, 1.165) is 17.3 Å². The Balaban J connectivity index is 1.66. The third-order valence-corrected chi connectivity index (χ3v) is 4.70. The van der Waals surface area contributed by atoms with Crippen molar-refractivity contribution in [3.8, 4) is 11.5 Å². The maximum atomic E-state index is 12.0. The van der Waals surface area contributed by atoms with Gasteiger partial charge in [0.1, 0.15) is 18.1 Å². The van der Waals surface area contributed by atoms with Gasteiger partial charge < -0.3 is 14.8 Å². The number of carbonyl (C=O) groups is 1. The average Bonchev–Trinajstić information content (AvgIpc) is 2.62. The zero-order chi connectivity index (χ0) is 18.1. The number of carbonyl (C=O) groups excluding carboxylic acids is 1. The first kappa shape index (κ1) is 19.2. The molecule has 4 nitrogen and oxygen atoms in total. The van der Waals surface area contributed by atoms with Crippen LogP contribution in [0.25, 0.3) is 0 Å². The van der Waals surface area contributed by atoms with E-state index in [2.05, 4.69) is 24.4 Å². The van der Waals surface area contributed by atoms with Gasteiger partial charge in [0, 0.05) is 5.75 Å². The monoisotopic (exact) mass is 359 g/mol. The minimum atomic E-state index is -0.0475. The third kappa shape index (κ3) is 6.70. The fourth-order valence-electron chi connectivity index (χ4n) is 2.28. The topological polar surface area (TPSA) is 47.6 Å². The van der Waals surface area contributed by atoms with E-state index in [1.54, 1.807) is 18.9 Å². The quantitative estimate of drug-likeness (QED) is 0.739. The van der Waals surface area contributed by atoms with Gasteiger partial charge in [-0.3, -0.25) is 4.79 Å². The van der Waals surface area contributed by atoms with E-state index in [9.17, 15) is 4.79 Å². The van der Waals surface area contributed by atoms with Crippen molar-refractivity contribution >= 4 is 17.7 Å². The molecule has 0 aromatic heterocycles. The molecule has 2 aromatic carbocycles. The van der Waals surface area contributed by atoms with E-state index in [-0.39, 0.29) is 11.9 Å². The Morgan fingerprint density at radius 1 is 1.12 bits per heavy atom. The predicted molar refractivity (Wildman–Crippen MR) is 103 cm³/mol. The lowest BCUT2D eigenvalue weighted by Gasteiger charge is -2.15. The van der Waals surface area contributed by atoms with Crippen LogP contribution in [-0.2, 0) is 10.5 Å². The highest BCUT2D eigenvalue weighted by Gasteiger charge is 2.09. The predicted octanol–water partition coefficient (Wildman–Crippen LogP) is 3.82. The molecule has 2 aromatic rings. The summed E-state index contributed by atoms with van der Waals surface area (Å²) in [5.41, 5.74) is 2.54. The largest absolute Gasteiger partial charge is 0.497 e. The van der Waals surface area contributed by atoms with Crippen molar-refractivity contribution in [2.75, 3.05) is 19.5 Å². The van der Waals surface area contributed by atoms with Gasteiger partial charge in [-0.1, -0.05) is 24.3 Å². The highest BCUT2D eigenvalue weighted by Crippen LogP contribution is 2.17. The van der Waals surface area contributed by atoms with E-state index in [1.165, 1.54) is 11.1 Å². The summed E-state index contributed by atoms with van der Waals surface area (Å²) in [5.74, 6) is 2.87. The van der Waals surface area contributed by atoms with Crippen LogP contribution in [0.2, 0.25) is 0 Å². The molecule has 1 amide bonds. The van der Waals surface area contributed by atoms with Crippen LogP contribution in [-0.4, -0.2) is 31.4 Å². The molecule has 134 valence electrons. The van der Waals surface area contributed by atoms with Gasteiger partial charge in [0.25, 0.3) is 0 Å². The third-order valence-electron chi connectivity index (χ3n) is 3.72. The molecule has 0 fully saturated rings. The Morgan fingerprint density at radius 3 is 2.48 bits per heavy atom. The van der Waals surface area contributed by atoms with Crippen LogP contribution in [0.15, 0.2) is 48.5 Å². The molecule has 0 aliphatic heterocycles. The summed E-state index contributed by atoms with van der Waals surface area (Å²) in [5, 5.41) is 2.96. The summed E-state index contributed by atoms with van der Waals surface area (Å²) in [6, 6.07) is 15.6. The number of hydrogen-bond donors (Lipinski definition) is 1. The number of thioether (sulfide) groups is 1.